The van der Waals surface area contributed by atoms with E-state index < -0.39 is 17.4 Å². The van der Waals surface area contributed by atoms with Gasteiger partial charge in [0.25, 0.3) is 0 Å². The van der Waals surface area contributed by atoms with Crippen molar-refractivity contribution in [2.75, 3.05) is 0 Å². The summed E-state index contributed by atoms with van der Waals surface area (Å²) in [6.07, 6.45) is 1.21. The van der Waals surface area contributed by atoms with Crippen molar-refractivity contribution in [3.63, 3.8) is 0 Å². The van der Waals surface area contributed by atoms with Crippen molar-refractivity contribution >= 4 is 6.08 Å². The van der Waals surface area contributed by atoms with E-state index in [0.717, 1.165) is 6.07 Å². The molecule has 1 aromatic carbocycles. The van der Waals surface area contributed by atoms with Crippen LogP contribution in [0.25, 0.3) is 0 Å². The maximum Gasteiger partial charge on any atom is 0.235 e. The number of hydrogen-bond acceptors (Lipinski definition) is 3. The summed E-state index contributed by atoms with van der Waals surface area (Å²) in [5.41, 5.74) is -0.0535. The van der Waals surface area contributed by atoms with Crippen molar-refractivity contribution < 1.29 is 18.7 Å². The summed E-state index contributed by atoms with van der Waals surface area (Å²) < 4.78 is 25.3. The molecule has 1 aromatic rings. The van der Waals surface area contributed by atoms with Crippen LogP contribution < -0.4 is 0 Å². The Morgan fingerprint density at radius 1 is 1.38 bits per heavy atom. The second-order valence-electron chi connectivity index (χ2n) is 2.30. The molecule has 0 spiro atoms. The van der Waals surface area contributed by atoms with E-state index in [1.165, 1.54) is 6.08 Å². The van der Waals surface area contributed by atoms with Crippen molar-refractivity contribution in [1.29, 1.82) is 0 Å². The van der Waals surface area contributed by atoms with Crippen LogP contribution in [0.5, 0.6) is 5.75 Å². The first kappa shape index (κ1) is 9.35. The van der Waals surface area contributed by atoms with Gasteiger partial charge in [0.15, 0.2) is 11.6 Å². The molecule has 3 nitrogen and oxygen atoms in total. The predicted octanol–water partition coefficient (Wildman–Crippen LogP) is 1.51. The largest absolute Gasteiger partial charge is 0.505 e. The summed E-state index contributed by atoms with van der Waals surface area (Å²) in [5, 5.41) is 8.84. The standard InChI is InChI=1S/C8H5F2NO2/c9-6-2-7(10)8(13)1-5(6)3-11-4-12/h1-2,13H,3H2. The van der Waals surface area contributed by atoms with Gasteiger partial charge in [-0.05, 0) is 6.07 Å². The maximum atomic E-state index is 12.8. The van der Waals surface area contributed by atoms with Crippen molar-refractivity contribution in [2.24, 2.45) is 4.99 Å². The molecule has 1 rings (SSSR count). The fourth-order valence-electron chi connectivity index (χ4n) is 0.819. The van der Waals surface area contributed by atoms with Gasteiger partial charge in [0.05, 0.1) is 6.54 Å². The van der Waals surface area contributed by atoms with Gasteiger partial charge in [0.1, 0.15) is 5.82 Å². The molecule has 0 aliphatic carbocycles. The topological polar surface area (TPSA) is 49.7 Å². The zero-order valence-electron chi connectivity index (χ0n) is 6.42. The van der Waals surface area contributed by atoms with Gasteiger partial charge in [-0.3, -0.25) is 0 Å². The predicted molar refractivity (Wildman–Crippen MR) is 39.8 cm³/mol. The molecular formula is C8H5F2NO2. The van der Waals surface area contributed by atoms with E-state index in [-0.39, 0.29) is 12.1 Å². The van der Waals surface area contributed by atoms with Crippen LogP contribution in [0.2, 0.25) is 0 Å². The quantitative estimate of drug-likeness (QED) is 0.560. The van der Waals surface area contributed by atoms with Gasteiger partial charge in [0.2, 0.25) is 6.08 Å². The van der Waals surface area contributed by atoms with Crippen LogP contribution in [0.4, 0.5) is 8.78 Å². The number of isocyanates is 1. The third kappa shape index (κ3) is 2.10. The van der Waals surface area contributed by atoms with E-state index in [1.807, 2.05) is 0 Å². The lowest BCUT2D eigenvalue weighted by atomic mass is 10.2. The first-order chi connectivity index (χ1) is 6.15. The highest BCUT2D eigenvalue weighted by molar-refractivity contribution is 5.35. The zero-order chi connectivity index (χ0) is 9.84. The molecule has 0 aliphatic rings. The molecule has 0 saturated carbocycles. The van der Waals surface area contributed by atoms with Crippen LogP contribution in [0.3, 0.4) is 0 Å². The summed E-state index contributed by atoms with van der Waals surface area (Å²) in [4.78, 5) is 12.8. The maximum absolute atomic E-state index is 12.8. The summed E-state index contributed by atoms with van der Waals surface area (Å²) in [6.45, 7) is -0.261. The number of nitrogens with zero attached hydrogens (tertiary/aromatic N) is 1. The van der Waals surface area contributed by atoms with E-state index in [1.54, 1.807) is 0 Å². The van der Waals surface area contributed by atoms with Crippen molar-refractivity contribution in [3.05, 3.63) is 29.3 Å². The average Bonchev–Trinajstić information content (AvgIpc) is 2.09. The molecule has 0 amide bonds. The molecule has 5 heteroatoms. The Bertz CT molecular complexity index is 373. The van der Waals surface area contributed by atoms with Gasteiger partial charge in [-0.2, -0.15) is 0 Å². The number of aliphatic imine (C=N–C) groups is 1. The SMILES string of the molecule is O=C=NCc1cc(O)c(F)cc1F. The van der Waals surface area contributed by atoms with E-state index in [2.05, 4.69) is 4.99 Å². The highest BCUT2D eigenvalue weighted by Gasteiger charge is 2.07. The van der Waals surface area contributed by atoms with Crippen LogP contribution in [0.1, 0.15) is 5.56 Å². The minimum atomic E-state index is -1.05. The first-order valence-corrected chi connectivity index (χ1v) is 3.35. The Labute approximate surface area is 72.3 Å². The van der Waals surface area contributed by atoms with E-state index in [9.17, 15) is 13.6 Å². The summed E-state index contributed by atoms with van der Waals surface area (Å²) in [5.74, 6) is -2.57. The van der Waals surface area contributed by atoms with Gasteiger partial charge in [-0.25, -0.2) is 18.6 Å². The monoisotopic (exact) mass is 185 g/mol. The second kappa shape index (κ2) is 3.78. The number of aromatic hydroxyl groups is 1. The van der Waals surface area contributed by atoms with Crippen molar-refractivity contribution in [3.8, 4) is 5.75 Å². The molecule has 0 heterocycles. The third-order valence-corrected chi connectivity index (χ3v) is 1.43. The molecule has 0 radical (unpaired) electrons. The van der Waals surface area contributed by atoms with Crippen molar-refractivity contribution in [1.82, 2.24) is 0 Å². The lowest BCUT2D eigenvalue weighted by Crippen LogP contribution is -1.90. The van der Waals surface area contributed by atoms with Crippen LogP contribution in [0, 0.1) is 11.6 Å². The van der Waals surface area contributed by atoms with Crippen LogP contribution in [-0.4, -0.2) is 11.2 Å². The summed E-state index contributed by atoms with van der Waals surface area (Å²) in [6, 6.07) is 1.41. The molecule has 0 saturated heterocycles. The fraction of sp³-hybridized carbons (Fsp3) is 0.125. The van der Waals surface area contributed by atoms with E-state index in [0.29, 0.717) is 6.07 Å². The molecular weight excluding hydrogens is 180 g/mol. The molecule has 0 bridgehead atoms. The number of phenolic OH excluding ortho intramolecular Hbond substituents is 1. The van der Waals surface area contributed by atoms with Crippen LogP contribution >= 0.6 is 0 Å². The minimum absolute atomic E-state index is 0.0535. The number of rotatable bonds is 2. The number of phenols is 1. The molecule has 1 N–H and O–H groups in total. The highest BCUT2D eigenvalue weighted by atomic mass is 19.1. The highest BCUT2D eigenvalue weighted by Crippen LogP contribution is 2.20. The Morgan fingerprint density at radius 2 is 2.08 bits per heavy atom. The lowest BCUT2D eigenvalue weighted by molar-refractivity contribution is 0.426. The van der Waals surface area contributed by atoms with E-state index >= 15 is 0 Å². The smallest absolute Gasteiger partial charge is 0.235 e. The molecule has 0 atom stereocenters. The van der Waals surface area contributed by atoms with Gasteiger partial charge >= 0.3 is 0 Å². The molecule has 0 unspecified atom stereocenters. The van der Waals surface area contributed by atoms with Gasteiger partial charge < -0.3 is 5.11 Å². The molecule has 0 aliphatic heterocycles. The minimum Gasteiger partial charge on any atom is -0.505 e. The third-order valence-electron chi connectivity index (χ3n) is 1.43. The van der Waals surface area contributed by atoms with Crippen molar-refractivity contribution in [2.45, 2.75) is 6.54 Å². The molecule has 68 valence electrons. The summed E-state index contributed by atoms with van der Waals surface area (Å²) >= 11 is 0. The Hall–Kier alpha value is -1.74. The Balaban J connectivity index is 3.07. The van der Waals surface area contributed by atoms with Gasteiger partial charge in [-0.1, -0.05) is 0 Å². The number of hydrogen-bond donors (Lipinski definition) is 1. The van der Waals surface area contributed by atoms with Crippen LogP contribution in [-0.2, 0) is 11.3 Å². The second-order valence-corrected chi connectivity index (χ2v) is 2.30. The summed E-state index contributed by atoms with van der Waals surface area (Å²) in [7, 11) is 0. The average molecular weight is 185 g/mol. The number of benzene rings is 1. The van der Waals surface area contributed by atoms with Gasteiger partial charge in [0, 0.05) is 11.6 Å². The van der Waals surface area contributed by atoms with Gasteiger partial charge in [-0.15, -0.1) is 0 Å². The number of carbonyl (C=O) groups excluding carboxylic acids is 1. The normalized spacial score (nSPS) is 9.38. The first-order valence-electron chi connectivity index (χ1n) is 3.35. The molecule has 0 fully saturated rings. The molecule has 13 heavy (non-hydrogen) atoms. The lowest BCUT2D eigenvalue weighted by Gasteiger charge is -2.00. The fourth-order valence-corrected chi connectivity index (χ4v) is 0.819. The zero-order valence-corrected chi connectivity index (χ0v) is 6.42. The molecule has 0 aromatic heterocycles. The van der Waals surface area contributed by atoms with E-state index in [4.69, 9.17) is 5.11 Å². The Kier molecular flexibility index (Phi) is 2.72. The van der Waals surface area contributed by atoms with Crippen LogP contribution in [0.15, 0.2) is 17.1 Å². The Morgan fingerprint density at radius 3 is 2.69 bits per heavy atom. The number of halogens is 2.